The van der Waals surface area contributed by atoms with E-state index in [2.05, 4.69) is 20.1 Å². The second kappa shape index (κ2) is 5.49. The van der Waals surface area contributed by atoms with E-state index in [1.807, 2.05) is 6.08 Å². The van der Waals surface area contributed by atoms with Crippen LogP contribution >= 0.6 is 0 Å². The number of fused-ring (bicyclic) bond motifs is 3. The predicted molar refractivity (Wildman–Crippen MR) is 93.7 cm³/mol. The fourth-order valence-electron chi connectivity index (χ4n) is 6.12. The molecule has 4 nitrogen and oxygen atoms in total. The normalized spacial score (nSPS) is 42.5. The van der Waals surface area contributed by atoms with Gasteiger partial charge < -0.3 is 9.47 Å². The largest absolute Gasteiger partial charge is 0.355 e. The molecule has 0 aromatic heterocycles. The minimum Gasteiger partial charge on any atom is -0.355 e. The van der Waals surface area contributed by atoms with Gasteiger partial charge in [0.2, 0.25) is 0 Å². The summed E-state index contributed by atoms with van der Waals surface area (Å²) >= 11 is 0. The molecule has 2 saturated carbocycles. The van der Waals surface area contributed by atoms with Gasteiger partial charge in [-0.2, -0.15) is 0 Å². The van der Waals surface area contributed by atoms with Gasteiger partial charge in [-0.05, 0) is 24.8 Å². The number of ketones is 2. The molecule has 25 heavy (non-hydrogen) atoms. The number of methoxy groups -OCH3 is 1. The first-order valence-electron chi connectivity index (χ1n) is 9.27. The molecule has 0 radical (unpaired) electrons. The van der Waals surface area contributed by atoms with E-state index in [1.165, 1.54) is 5.57 Å². The van der Waals surface area contributed by atoms with Gasteiger partial charge in [-0.15, -0.1) is 0 Å². The highest BCUT2D eigenvalue weighted by atomic mass is 16.7. The minimum absolute atomic E-state index is 0.0197. The van der Waals surface area contributed by atoms with Crippen molar-refractivity contribution >= 4 is 11.6 Å². The van der Waals surface area contributed by atoms with Crippen molar-refractivity contribution in [1.82, 2.24) is 0 Å². The van der Waals surface area contributed by atoms with Gasteiger partial charge in [0.15, 0.2) is 17.9 Å². The zero-order valence-electron chi connectivity index (χ0n) is 15.1. The zero-order valence-corrected chi connectivity index (χ0v) is 15.1. The molecule has 4 aliphatic carbocycles. The van der Waals surface area contributed by atoms with Crippen molar-refractivity contribution in [2.24, 2.45) is 22.7 Å². The molecule has 5 aliphatic rings. The number of carbonyl (C=O) groups excluding carboxylic acids is 2. The van der Waals surface area contributed by atoms with Crippen LogP contribution in [0.4, 0.5) is 0 Å². The maximum atomic E-state index is 13.3. The molecule has 4 heteroatoms. The van der Waals surface area contributed by atoms with Crippen LogP contribution in [0.15, 0.2) is 36.0 Å². The molecule has 5 rings (SSSR count). The molecule has 0 aromatic rings. The van der Waals surface area contributed by atoms with Crippen LogP contribution in [-0.4, -0.2) is 31.6 Å². The van der Waals surface area contributed by atoms with Gasteiger partial charge in [0.1, 0.15) is 5.41 Å². The van der Waals surface area contributed by atoms with E-state index in [-0.39, 0.29) is 28.8 Å². The number of hydrogen-bond donors (Lipinski definition) is 0. The van der Waals surface area contributed by atoms with Gasteiger partial charge in [-0.1, -0.05) is 44.6 Å². The van der Waals surface area contributed by atoms with Crippen LogP contribution in [0.1, 0.15) is 39.0 Å². The third-order valence-corrected chi connectivity index (χ3v) is 7.00. The highest BCUT2D eigenvalue weighted by Crippen LogP contribution is 2.72. The van der Waals surface area contributed by atoms with Crippen LogP contribution in [0.2, 0.25) is 0 Å². The molecule has 1 spiro atoms. The van der Waals surface area contributed by atoms with Crippen molar-refractivity contribution in [2.45, 2.75) is 45.3 Å². The first-order chi connectivity index (χ1) is 11.9. The number of unbranched alkanes of at least 4 members (excludes halogenated alkanes) is 1. The van der Waals surface area contributed by atoms with Crippen molar-refractivity contribution in [3.8, 4) is 0 Å². The van der Waals surface area contributed by atoms with E-state index in [0.717, 1.165) is 25.7 Å². The standard InChI is InChI=1S/C21H26O4/c1-5-6-8-20-15(7-9-25-19(20)24-4)13(3)18(23)21-11-14(16(20)21)10-12(2)17(21)22/h10,15-16,19H,2-3,5-9,11H2,1,4H3/t15-,16?,19+,20?,21+/m1/s1. The summed E-state index contributed by atoms with van der Waals surface area (Å²) in [6.07, 6.45) is 5.72. The van der Waals surface area contributed by atoms with Gasteiger partial charge in [-0.25, -0.2) is 0 Å². The lowest BCUT2D eigenvalue weighted by atomic mass is 9.34. The third kappa shape index (κ3) is 1.79. The van der Waals surface area contributed by atoms with Crippen LogP contribution in [-0.2, 0) is 19.1 Å². The Balaban J connectivity index is 1.94. The van der Waals surface area contributed by atoms with Gasteiger partial charge in [0, 0.05) is 29.9 Å². The molecule has 2 bridgehead atoms. The molecule has 0 amide bonds. The van der Waals surface area contributed by atoms with Crippen molar-refractivity contribution < 1.29 is 19.1 Å². The summed E-state index contributed by atoms with van der Waals surface area (Å²) in [5.74, 6) is -0.285. The lowest BCUT2D eigenvalue weighted by Crippen LogP contribution is -2.72. The summed E-state index contributed by atoms with van der Waals surface area (Å²) in [5.41, 5.74) is 0.835. The average Bonchev–Trinajstić information content (AvgIpc) is 2.59. The predicted octanol–water partition coefficient (Wildman–Crippen LogP) is 3.38. The SMILES string of the molecule is C=C1C=C2C[C@]3(C1=O)C(=O)C(=C)[C@H]1CCO[C@H](OC)C1(CCCC)C23. The summed E-state index contributed by atoms with van der Waals surface area (Å²) in [6.45, 7) is 10.8. The van der Waals surface area contributed by atoms with Crippen molar-refractivity contribution in [3.63, 3.8) is 0 Å². The Hall–Kier alpha value is -1.52. The number of rotatable bonds is 4. The van der Waals surface area contributed by atoms with E-state index in [0.29, 0.717) is 24.2 Å². The summed E-state index contributed by atoms with van der Waals surface area (Å²) in [6, 6.07) is 0. The Bertz CT molecular complexity index is 717. The summed E-state index contributed by atoms with van der Waals surface area (Å²) in [7, 11) is 1.66. The van der Waals surface area contributed by atoms with Crippen molar-refractivity contribution in [1.29, 1.82) is 0 Å². The number of allylic oxidation sites excluding steroid dienone is 4. The summed E-state index contributed by atoms with van der Waals surface area (Å²) in [5, 5.41) is 0. The monoisotopic (exact) mass is 342 g/mol. The van der Waals surface area contributed by atoms with Gasteiger partial charge in [0.05, 0.1) is 6.61 Å². The topological polar surface area (TPSA) is 52.6 Å². The number of carbonyl (C=O) groups is 2. The molecule has 1 aliphatic heterocycles. The van der Waals surface area contributed by atoms with E-state index < -0.39 is 11.7 Å². The Labute approximate surface area is 148 Å². The number of ether oxygens (including phenoxy) is 2. The smallest absolute Gasteiger partial charge is 0.177 e. The highest BCUT2D eigenvalue weighted by molar-refractivity contribution is 6.24. The Morgan fingerprint density at radius 3 is 2.76 bits per heavy atom. The molecular weight excluding hydrogens is 316 g/mol. The third-order valence-electron chi connectivity index (χ3n) is 7.00. The van der Waals surface area contributed by atoms with E-state index in [9.17, 15) is 9.59 Å². The fraction of sp³-hybridized carbons (Fsp3) is 0.619. The van der Waals surface area contributed by atoms with Crippen LogP contribution in [0.5, 0.6) is 0 Å². The zero-order chi connectivity index (χ0) is 18.0. The second-order valence-corrected chi connectivity index (χ2v) is 8.00. The molecule has 1 saturated heterocycles. The lowest BCUT2D eigenvalue weighted by Gasteiger charge is -2.68. The molecule has 3 fully saturated rings. The summed E-state index contributed by atoms with van der Waals surface area (Å²) in [4.78, 5) is 26.3. The number of hydrogen-bond acceptors (Lipinski definition) is 4. The quantitative estimate of drug-likeness (QED) is 0.580. The van der Waals surface area contributed by atoms with Crippen molar-refractivity contribution in [3.05, 3.63) is 36.0 Å². The van der Waals surface area contributed by atoms with Crippen LogP contribution in [0, 0.1) is 22.7 Å². The summed E-state index contributed by atoms with van der Waals surface area (Å²) < 4.78 is 11.8. The fourth-order valence-corrected chi connectivity index (χ4v) is 6.12. The van der Waals surface area contributed by atoms with Crippen LogP contribution in [0.3, 0.4) is 0 Å². The molecule has 0 aromatic carbocycles. The maximum absolute atomic E-state index is 13.3. The van der Waals surface area contributed by atoms with Gasteiger partial charge in [-0.3, -0.25) is 9.59 Å². The molecule has 134 valence electrons. The van der Waals surface area contributed by atoms with E-state index in [4.69, 9.17) is 9.47 Å². The molecule has 2 unspecified atom stereocenters. The average molecular weight is 342 g/mol. The number of Topliss-reactive ketones (excluding diaryl/α,β-unsaturated/α-hetero) is 2. The second-order valence-electron chi connectivity index (χ2n) is 8.00. The van der Waals surface area contributed by atoms with E-state index in [1.54, 1.807) is 7.11 Å². The van der Waals surface area contributed by atoms with Gasteiger partial charge in [0.25, 0.3) is 0 Å². The molecule has 1 heterocycles. The van der Waals surface area contributed by atoms with Crippen LogP contribution < -0.4 is 0 Å². The van der Waals surface area contributed by atoms with Crippen molar-refractivity contribution in [2.75, 3.05) is 13.7 Å². The van der Waals surface area contributed by atoms with Gasteiger partial charge >= 0.3 is 0 Å². The first-order valence-corrected chi connectivity index (χ1v) is 9.27. The Morgan fingerprint density at radius 2 is 2.08 bits per heavy atom. The minimum atomic E-state index is -1.00. The Morgan fingerprint density at radius 1 is 1.32 bits per heavy atom. The Kier molecular flexibility index (Phi) is 3.71. The highest BCUT2D eigenvalue weighted by Gasteiger charge is 2.76. The first kappa shape index (κ1) is 16.9. The van der Waals surface area contributed by atoms with E-state index >= 15 is 0 Å². The molecular formula is C21H26O4. The maximum Gasteiger partial charge on any atom is 0.177 e. The molecule has 0 N–H and O–H groups in total. The lowest BCUT2D eigenvalue weighted by molar-refractivity contribution is -0.273. The molecule has 5 atom stereocenters. The van der Waals surface area contributed by atoms with Crippen LogP contribution in [0.25, 0.3) is 0 Å².